The van der Waals surface area contributed by atoms with Crippen molar-refractivity contribution in [1.29, 1.82) is 0 Å². The molecule has 0 aromatic carbocycles. The summed E-state index contributed by atoms with van der Waals surface area (Å²) in [6.45, 7) is 3.00. The number of rotatable bonds is 2. The highest BCUT2D eigenvalue weighted by Gasteiger charge is 2.04. The van der Waals surface area contributed by atoms with Crippen molar-refractivity contribution in [3.63, 3.8) is 0 Å². The lowest BCUT2D eigenvalue weighted by Crippen LogP contribution is -2.17. The molecule has 0 radical (unpaired) electrons. The second-order valence-corrected chi connectivity index (χ2v) is 3.44. The standard InChI is InChI=1S/C8H12BrN3/c1-3-12(2)8-7(9)4-6(10)5-11-8/h4-5H,3,10H2,1-2H3. The van der Waals surface area contributed by atoms with Crippen LogP contribution in [-0.4, -0.2) is 18.6 Å². The SMILES string of the molecule is CCN(C)c1ncc(N)cc1Br. The molecule has 0 aliphatic carbocycles. The average molecular weight is 230 g/mol. The molecule has 66 valence electrons. The maximum Gasteiger partial charge on any atom is 0.142 e. The maximum absolute atomic E-state index is 5.56. The summed E-state index contributed by atoms with van der Waals surface area (Å²) < 4.78 is 0.937. The van der Waals surface area contributed by atoms with E-state index < -0.39 is 0 Å². The Labute approximate surface area is 80.7 Å². The van der Waals surface area contributed by atoms with Crippen molar-refractivity contribution in [3.8, 4) is 0 Å². The third-order valence-electron chi connectivity index (χ3n) is 1.68. The molecular formula is C8H12BrN3. The highest BCUT2D eigenvalue weighted by atomic mass is 79.9. The van der Waals surface area contributed by atoms with Crippen molar-refractivity contribution in [2.75, 3.05) is 24.2 Å². The minimum Gasteiger partial charge on any atom is -0.397 e. The van der Waals surface area contributed by atoms with Gasteiger partial charge in [-0.05, 0) is 28.9 Å². The molecule has 0 amide bonds. The third kappa shape index (κ3) is 1.88. The topological polar surface area (TPSA) is 42.2 Å². The molecule has 0 saturated carbocycles. The van der Waals surface area contributed by atoms with Gasteiger partial charge in [0.05, 0.1) is 16.4 Å². The molecular weight excluding hydrogens is 218 g/mol. The van der Waals surface area contributed by atoms with Crippen LogP contribution in [0.15, 0.2) is 16.7 Å². The van der Waals surface area contributed by atoms with E-state index in [4.69, 9.17) is 5.73 Å². The zero-order valence-corrected chi connectivity index (χ0v) is 8.80. The van der Waals surface area contributed by atoms with Crippen molar-refractivity contribution in [3.05, 3.63) is 16.7 Å². The zero-order valence-electron chi connectivity index (χ0n) is 7.21. The van der Waals surface area contributed by atoms with Crippen LogP contribution in [0.3, 0.4) is 0 Å². The van der Waals surface area contributed by atoms with E-state index in [-0.39, 0.29) is 0 Å². The molecule has 0 unspecified atom stereocenters. The fourth-order valence-corrected chi connectivity index (χ4v) is 1.55. The number of anilines is 2. The van der Waals surface area contributed by atoms with Crippen molar-refractivity contribution >= 4 is 27.4 Å². The Kier molecular flexibility index (Phi) is 2.92. The molecule has 0 saturated heterocycles. The number of pyridine rings is 1. The molecule has 4 heteroatoms. The minimum absolute atomic E-state index is 0.676. The highest BCUT2D eigenvalue weighted by Crippen LogP contribution is 2.24. The molecule has 1 aromatic heterocycles. The Hall–Kier alpha value is -0.770. The van der Waals surface area contributed by atoms with E-state index in [1.165, 1.54) is 0 Å². The van der Waals surface area contributed by atoms with E-state index in [0.717, 1.165) is 16.8 Å². The maximum atomic E-state index is 5.56. The van der Waals surface area contributed by atoms with E-state index in [2.05, 4.69) is 27.8 Å². The summed E-state index contributed by atoms with van der Waals surface area (Å²) >= 11 is 3.40. The summed E-state index contributed by atoms with van der Waals surface area (Å²) in [5, 5.41) is 0. The van der Waals surface area contributed by atoms with Gasteiger partial charge >= 0.3 is 0 Å². The summed E-state index contributed by atoms with van der Waals surface area (Å²) in [7, 11) is 1.99. The molecule has 0 aliphatic heterocycles. The Morgan fingerprint density at radius 1 is 1.67 bits per heavy atom. The second kappa shape index (κ2) is 3.76. The summed E-state index contributed by atoms with van der Waals surface area (Å²) in [6.07, 6.45) is 1.66. The summed E-state index contributed by atoms with van der Waals surface area (Å²) in [6, 6.07) is 1.86. The first-order valence-corrected chi connectivity index (χ1v) is 4.56. The third-order valence-corrected chi connectivity index (χ3v) is 2.26. The van der Waals surface area contributed by atoms with Crippen LogP contribution in [0.1, 0.15) is 6.92 Å². The van der Waals surface area contributed by atoms with Crippen LogP contribution in [-0.2, 0) is 0 Å². The number of aromatic nitrogens is 1. The molecule has 2 N–H and O–H groups in total. The number of nitrogens with zero attached hydrogens (tertiary/aromatic N) is 2. The van der Waals surface area contributed by atoms with Crippen molar-refractivity contribution in [2.24, 2.45) is 0 Å². The second-order valence-electron chi connectivity index (χ2n) is 2.59. The van der Waals surface area contributed by atoms with Gasteiger partial charge in [0.2, 0.25) is 0 Å². The lowest BCUT2D eigenvalue weighted by atomic mass is 10.4. The van der Waals surface area contributed by atoms with E-state index in [1.807, 2.05) is 18.0 Å². The van der Waals surface area contributed by atoms with Crippen molar-refractivity contribution in [2.45, 2.75) is 6.92 Å². The highest BCUT2D eigenvalue weighted by molar-refractivity contribution is 9.10. The first kappa shape index (κ1) is 9.32. The van der Waals surface area contributed by atoms with Crippen LogP contribution >= 0.6 is 15.9 Å². The largest absolute Gasteiger partial charge is 0.397 e. The predicted molar refractivity (Wildman–Crippen MR) is 55.3 cm³/mol. The van der Waals surface area contributed by atoms with Crippen LogP contribution in [0.2, 0.25) is 0 Å². The summed E-state index contributed by atoms with van der Waals surface area (Å²) in [5.74, 6) is 0.923. The van der Waals surface area contributed by atoms with Crippen LogP contribution in [0.5, 0.6) is 0 Å². The molecule has 1 aromatic rings. The van der Waals surface area contributed by atoms with Crippen LogP contribution < -0.4 is 10.6 Å². The van der Waals surface area contributed by atoms with E-state index in [0.29, 0.717) is 5.69 Å². The van der Waals surface area contributed by atoms with Gasteiger partial charge in [0.25, 0.3) is 0 Å². The Morgan fingerprint density at radius 3 is 2.83 bits per heavy atom. The molecule has 0 fully saturated rings. The van der Waals surface area contributed by atoms with Gasteiger partial charge < -0.3 is 10.6 Å². The first-order chi connectivity index (χ1) is 5.65. The van der Waals surface area contributed by atoms with E-state index in [1.54, 1.807) is 6.20 Å². The molecule has 0 bridgehead atoms. The van der Waals surface area contributed by atoms with Gasteiger partial charge in [-0.2, -0.15) is 0 Å². The van der Waals surface area contributed by atoms with Crippen LogP contribution in [0.25, 0.3) is 0 Å². The fourth-order valence-electron chi connectivity index (χ4n) is 0.876. The summed E-state index contributed by atoms with van der Waals surface area (Å²) in [5.41, 5.74) is 6.23. The van der Waals surface area contributed by atoms with Gasteiger partial charge in [0.1, 0.15) is 5.82 Å². The van der Waals surface area contributed by atoms with Crippen molar-refractivity contribution < 1.29 is 0 Å². The normalized spacial score (nSPS) is 9.92. The van der Waals surface area contributed by atoms with Gasteiger partial charge in [-0.15, -0.1) is 0 Å². The monoisotopic (exact) mass is 229 g/mol. The number of halogens is 1. The zero-order chi connectivity index (χ0) is 9.14. The van der Waals surface area contributed by atoms with Gasteiger partial charge in [-0.1, -0.05) is 0 Å². The Balaban J connectivity index is 3.01. The first-order valence-electron chi connectivity index (χ1n) is 3.77. The number of nitrogens with two attached hydrogens (primary N) is 1. The fraction of sp³-hybridized carbons (Fsp3) is 0.375. The number of hydrogen-bond acceptors (Lipinski definition) is 3. The molecule has 1 rings (SSSR count). The lowest BCUT2D eigenvalue weighted by molar-refractivity contribution is 0.934. The molecule has 12 heavy (non-hydrogen) atoms. The predicted octanol–water partition coefficient (Wildman–Crippen LogP) is 1.88. The Bertz CT molecular complexity index is 275. The van der Waals surface area contributed by atoms with Gasteiger partial charge in [0, 0.05) is 13.6 Å². The van der Waals surface area contributed by atoms with Gasteiger partial charge in [0.15, 0.2) is 0 Å². The van der Waals surface area contributed by atoms with E-state index in [9.17, 15) is 0 Å². The molecule has 1 heterocycles. The molecule has 0 atom stereocenters. The van der Waals surface area contributed by atoms with Gasteiger partial charge in [-0.25, -0.2) is 4.98 Å². The Morgan fingerprint density at radius 2 is 2.33 bits per heavy atom. The average Bonchev–Trinajstić information content (AvgIpc) is 2.03. The number of nitrogen functional groups attached to an aromatic ring is 1. The van der Waals surface area contributed by atoms with Crippen LogP contribution in [0, 0.1) is 0 Å². The van der Waals surface area contributed by atoms with Gasteiger partial charge in [-0.3, -0.25) is 0 Å². The smallest absolute Gasteiger partial charge is 0.142 e. The number of hydrogen-bond donors (Lipinski definition) is 1. The van der Waals surface area contributed by atoms with Crippen molar-refractivity contribution in [1.82, 2.24) is 4.98 Å². The summed E-state index contributed by atoms with van der Waals surface area (Å²) in [4.78, 5) is 6.25. The van der Waals surface area contributed by atoms with E-state index >= 15 is 0 Å². The molecule has 0 spiro atoms. The quantitative estimate of drug-likeness (QED) is 0.843. The minimum atomic E-state index is 0.676. The molecule has 0 aliphatic rings. The molecule has 3 nitrogen and oxygen atoms in total. The lowest BCUT2D eigenvalue weighted by Gasteiger charge is -2.16. The van der Waals surface area contributed by atoms with Crippen LogP contribution in [0.4, 0.5) is 11.5 Å².